The van der Waals surface area contributed by atoms with E-state index in [1.807, 2.05) is 23.6 Å². The Morgan fingerprint density at radius 1 is 1.26 bits per heavy atom. The molecule has 0 saturated carbocycles. The molecule has 0 fully saturated rings. The first-order valence-corrected chi connectivity index (χ1v) is 8.60. The molecular formula is C17H14BrNO3S. The molecule has 2 aromatic heterocycles. The lowest BCUT2D eigenvalue weighted by Crippen LogP contribution is -2.41. The van der Waals surface area contributed by atoms with Gasteiger partial charge < -0.3 is 14.8 Å². The topological polar surface area (TPSA) is 62.5 Å². The van der Waals surface area contributed by atoms with Gasteiger partial charge in [0.25, 0.3) is 5.91 Å². The van der Waals surface area contributed by atoms with E-state index >= 15 is 0 Å². The van der Waals surface area contributed by atoms with Crippen LogP contribution >= 0.6 is 27.3 Å². The number of carbonyl (C=O) groups is 1. The van der Waals surface area contributed by atoms with E-state index < -0.39 is 5.60 Å². The number of hydrogen-bond acceptors (Lipinski definition) is 4. The van der Waals surface area contributed by atoms with Crippen LogP contribution in [0, 0.1) is 0 Å². The third kappa shape index (κ3) is 3.24. The third-order valence-electron chi connectivity index (χ3n) is 3.55. The summed E-state index contributed by atoms with van der Waals surface area (Å²) in [6.45, 7) is 0.0488. The predicted molar refractivity (Wildman–Crippen MR) is 92.5 cm³/mol. The Morgan fingerprint density at radius 2 is 2.09 bits per heavy atom. The zero-order valence-electron chi connectivity index (χ0n) is 12.0. The highest BCUT2D eigenvalue weighted by Crippen LogP contribution is 2.32. The van der Waals surface area contributed by atoms with Crippen LogP contribution in [0.15, 0.2) is 69.3 Å². The second-order valence-electron chi connectivity index (χ2n) is 5.01. The fraction of sp³-hybridized carbons (Fsp3) is 0.118. The highest BCUT2D eigenvalue weighted by molar-refractivity contribution is 9.10. The molecule has 1 atom stereocenters. The minimum Gasteiger partial charge on any atom is -0.472 e. The van der Waals surface area contributed by atoms with Gasteiger partial charge in [0.2, 0.25) is 0 Å². The standard InChI is InChI=1S/C17H14BrNO3S/c18-14-5-2-1-4-13(14)16(20)19-11-17(21,12-7-8-22-10-12)15-6-3-9-23-15/h1-10,21H,11H2,(H,19,20)/t17-/m1/s1. The van der Waals surface area contributed by atoms with E-state index in [0.717, 1.165) is 4.88 Å². The molecule has 1 aromatic carbocycles. The van der Waals surface area contributed by atoms with Crippen molar-refractivity contribution >= 4 is 33.2 Å². The fourth-order valence-corrected chi connectivity index (χ4v) is 3.60. The van der Waals surface area contributed by atoms with Crippen molar-refractivity contribution in [2.75, 3.05) is 6.54 Å². The second-order valence-corrected chi connectivity index (χ2v) is 6.81. The van der Waals surface area contributed by atoms with Crippen molar-refractivity contribution in [1.29, 1.82) is 0 Å². The van der Waals surface area contributed by atoms with Crippen LogP contribution in [0.5, 0.6) is 0 Å². The zero-order valence-corrected chi connectivity index (χ0v) is 14.4. The van der Waals surface area contributed by atoms with Gasteiger partial charge in [-0.25, -0.2) is 0 Å². The van der Waals surface area contributed by atoms with Crippen molar-refractivity contribution in [3.63, 3.8) is 0 Å². The van der Waals surface area contributed by atoms with Gasteiger partial charge in [0.1, 0.15) is 5.60 Å². The van der Waals surface area contributed by atoms with Gasteiger partial charge >= 0.3 is 0 Å². The Bertz CT molecular complexity index is 750. The zero-order chi connectivity index (χ0) is 16.3. The van der Waals surface area contributed by atoms with Crippen LogP contribution in [0.25, 0.3) is 0 Å². The summed E-state index contributed by atoms with van der Waals surface area (Å²) in [5.74, 6) is -0.254. The maximum absolute atomic E-state index is 12.4. The van der Waals surface area contributed by atoms with Crippen molar-refractivity contribution in [3.05, 3.63) is 80.8 Å². The van der Waals surface area contributed by atoms with E-state index in [-0.39, 0.29) is 12.5 Å². The molecule has 3 aromatic rings. The third-order valence-corrected chi connectivity index (χ3v) is 5.26. The average molecular weight is 392 g/mol. The van der Waals surface area contributed by atoms with Gasteiger partial charge in [-0.1, -0.05) is 18.2 Å². The summed E-state index contributed by atoms with van der Waals surface area (Å²) in [6, 6.07) is 12.6. The van der Waals surface area contributed by atoms with E-state index in [1.165, 1.54) is 23.9 Å². The summed E-state index contributed by atoms with van der Waals surface area (Å²) in [4.78, 5) is 13.1. The van der Waals surface area contributed by atoms with E-state index in [2.05, 4.69) is 21.2 Å². The number of carbonyl (C=O) groups excluding carboxylic acids is 1. The number of furan rings is 1. The van der Waals surface area contributed by atoms with Gasteiger partial charge in [-0.15, -0.1) is 11.3 Å². The molecule has 0 aliphatic heterocycles. The number of thiophene rings is 1. The van der Waals surface area contributed by atoms with E-state index in [9.17, 15) is 9.90 Å². The summed E-state index contributed by atoms with van der Waals surface area (Å²) in [7, 11) is 0. The number of hydrogen-bond donors (Lipinski definition) is 2. The molecule has 0 unspecified atom stereocenters. The van der Waals surface area contributed by atoms with Crippen molar-refractivity contribution in [3.8, 4) is 0 Å². The SMILES string of the molecule is O=C(NC[C@@](O)(c1ccoc1)c1cccs1)c1ccccc1Br. The maximum Gasteiger partial charge on any atom is 0.252 e. The lowest BCUT2D eigenvalue weighted by Gasteiger charge is -2.26. The normalized spacial score (nSPS) is 13.5. The molecule has 0 spiro atoms. The van der Waals surface area contributed by atoms with Gasteiger partial charge in [0.05, 0.1) is 24.6 Å². The lowest BCUT2D eigenvalue weighted by molar-refractivity contribution is 0.0714. The summed E-state index contributed by atoms with van der Waals surface area (Å²) in [5, 5.41) is 15.8. The first-order chi connectivity index (χ1) is 11.1. The number of amides is 1. The van der Waals surface area contributed by atoms with Gasteiger partial charge in [-0.2, -0.15) is 0 Å². The quantitative estimate of drug-likeness (QED) is 0.695. The van der Waals surface area contributed by atoms with Crippen LogP contribution in [0.3, 0.4) is 0 Å². The number of benzene rings is 1. The number of rotatable bonds is 5. The van der Waals surface area contributed by atoms with Crippen molar-refractivity contribution in [2.45, 2.75) is 5.60 Å². The first-order valence-electron chi connectivity index (χ1n) is 6.93. The van der Waals surface area contributed by atoms with E-state index in [4.69, 9.17) is 4.42 Å². The van der Waals surface area contributed by atoms with Crippen LogP contribution in [0.1, 0.15) is 20.8 Å². The van der Waals surface area contributed by atoms with Gasteiger partial charge in [0, 0.05) is 14.9 Å². The second kappa shape index (κ2) is 6.70. The van der Waals surface area contributed by atoms with Gasteiger partial charge in [0.15, 0.2) is 0 Å². The lowest BCUT2D eigenvalue weighted by atomic mass is 9.94. The smallest absolute Gasteiger partial charge is 0.252 e. The summed E-state index contributed by atoms with van der Waals surface area (Å²) in [6.07, 6.45) is 2.99. The van der Waals surface area contributed by atoms with Gasteiger partial charge in [-0.3, -0.25) is 4.79 Å². The highest BCUT2D eigenvalue weighted by Gasteiger charge is 2.34. The minimum atomic E-state index is -1.32. The Balaban J connectivity index is 1.84. The molecule has 0 bridgehead atoms. The first kappa shape index (κ1) is 16.0. The maximum atomic E-state index is 12.4. The molecule has 1 amide bonds. The van der Waals surface area contributed by atoms with Gasteiger partial charge in [-0.05, 0) is 45.6 Å². The van der Waals surface area contributed by atoms with Crippen LogP contribution in [-0.4, -0.2) is 17.6 Å². The molecule has 0 aliphatic rings. The van der Waals surface area contributed by atoms with Crippen molar-refractivity contribution < 1.29 is 14.3 Å². The molecule has 2 N–H and O–H groups in total. The predicted octanol–water partition coefficient (Wildman–Crippen LogP) is 3.77. The molecule has 118 valence electrons. The minimum absolute atomic E-state index is 0.0488. The average Bonchev–Trinajstić information content (AvgIpc) is 3.25. The molecule has 23 heavy (non-hydrogen) atoms. The molecular weight excluding hydrogens is 378 g/mol. The summed E-state index contributed by atoms with van der Waals surface area (Å²) >= 11 is 4.79. The largest absolute Gasteiger partial charge is 0.472 e. The van der Waals surface area contributed by atoms with Crippen LogP contribution in [0.2, 0.25) is 0 Å². The van der Waals surface area contributed by atoms with Crippen molar-refractivity contribution in [2.24, 2.45) is 0 Å². The fourth-order valence-electron chi connectivity index (χ4n) is 2.29. The Hall–Kier alpha value is -1.89. The molecule has 2 heterocycles. The molecule has 0 saturated heterocycles. The number of aliphatic hydroxyl groups is 1. The molecule has 0 aliphatic carbocycles. The Kier molecular flexibility index (Phi) is 4.66. The van der Waals surface area contributed by atoms with Crippen molar-refractivity contribution in [1.82, 2.24) is 5.32 Å². The molecule has 0 radical (unpaired) electrons. The Morgan fingerprint density at radius 3 is 2.74 bits per heavy atom. The summed E-state index contributed by atoms with van der Waals surface area (Å²) in [5.41, 5.74) is -0.196. The molecule has 4 nitrogen and oxygen atoms in total. The van der Waals surface area contributed by atoms with Crippen LogP contribution in [0.4, 0.5) is 0 Å². The number of nitrogens with one attached hydrogen (secondary N) is 1. The van der Waals surface area contributed by atoms with Crippen LogP contribution < -0.4 is 5.32 Å². The molecule has 6 heteroatoms. The highest BCUT2D eigenvalue weighted by atomic mass is 79.9. The monoisotopic (exact) mass is 391 g/mol. The van der Waals surface area contributed by atoms with E-state index in [0.29, 0.717) is 15.6 Å². The Labute approximate surface area is 145 Å². The molecule has 3 rings (SSSR count). The number of halogens is 1. The summed E-state index contributed by atoms with van der Waals surface area (Å²) < 4.78 is 5.80. The van der Waals surface area contributed by atoms with E-state index in [1.54, 1.807) is 24.3 Å². The van der Waals surface area contributed by atoms with Crippen LogP contribution in [-0.2, 0) is 5.60 Å².